The van der Waals surface area contributed by atoms with Crippen molar-refractivity contribution >= 4 is 6.47 Å². The molecule has 1 rings (SSSR count). The second kappa shape index (κ2) is 2.91. The summed E-state index contributed by atoms with van der Waals surface area (Å²) in [7, 11) is 0. The summed E-state index contributed by atoms with van der Waals surface area (Å²) in [5, 5.41) is 0. The van der Waals surface area contributed by atoms with Gasteiger partial charge in [-0.25, -0.2) is 4.79 Å². The third kappa shape index (κ3) is 1.60. The molecule has 0 unspecified atom stereocenters. The van der Waals surface area contributed by atoms with Gasteiger partial charge in [0.25, 0.3) is 0 Å². The largest absolute Gasteiger partial charge is 0.497 e. The van der Waals surface area contributed by atoms with Crippen LogP contribution in [0.3, 0.4) is 0 Å². The molecule has 0 fully saturated rings. The quantitative estimate of drug-likeness (QED) is 0.539. The van der Waals surface area contributed by atoms with Gasteiger partial charge >= 0.3 is 6.47 Å². The Labute approximate surface area is 52.6 Å². The molecule has 0 bridgehead atoms. The highest BCUT2D eigenvalue weighted by Gasteiger charge is 1.95. The smallest absolute Gasteiger partial charge is 0.423 e. The number of allylic oxidation sites excluding steroid dienone is 1. The van der Waals surface area contributed by atoms with Gasteiger partial charge in [-0.15, -0.1) is 0 Å². The van der Waals surface area contributed by atoms with Gasteiger partial charge in [0.1, 0.15) is 12.4 Å². The van der Waals surface area contributed by atoms with Gasteiger partial charge in [0.15, 0.2) is 0 Å². The average Bonchev–Trinajstić information content (AvgIpc) is 1.91. The van der Waals surface area contributed by atoms with Crippen LogP contribution >= 0.6 is 0 Å². The molecule has 0 aromatic rings. The average molecular weight is 125 g/mol. The highest BCUT2D eigenvalue weighted by molar-refractivity contribution is 5.42. The normalized spacial score (nSPS) is 15.8. The predicted molar refractivity (Wildman–Crippen MR) is 30.0 cm³/mol. The molecular weight excluding hydrogens is 120 g/mol. The minimum atomic E-state index is 0.452. The minimum Gasteiger partial charge on any atom is -0.497 e. The molecule has 0 N–H and O–H groups in total. The summed E-state index contributed by atoms with van der Waals surface area (Å²) >= 11 is 0. The van der Waals surface area contributed by atoms with E-state index in [1.165, 1.54) is 12.7 Å². The molecule has 3 nitrogen and oxygen atoms in total. The molecule has 0 atom stereocenters. The lowest BCUT2D eigenvalue weighted by Crippen LogP contribution is -1.94. The first-order valence-electron chi connectivity index (χ1n) is 2.46. The van der Waals surface area contributed by atoms with Crippen molar-refractivity contribution < 1.29 is 14.3 Å². The number of ether oxygens (including phenoxy) is 2. The molecule has 0 saturated heterocycles. The Kier molecular flexibility index (Phi) is 1.90. The molecule has 0 amide bonds. The fraction of sp³-hybridized carbons (Fsp3) is 0.167. The minimum absolute atomic E-state index is 0.452. The number of rotatable bonds is 2. The number of hydrogen-bond donors (Lipinski definition) is 0. The fourth-order valence-corrected chi connectivity index (χ4v) is 0.493. The molecular formula is C6H5O3. The number of carbonyl (C=O) groups excluding carboxylic acids is 1. The van der Waals surface area contributed by atoms with Gasteiger partial charge in [-0.3, -0.25) is 0 Å². The Hall–Kier alpha value is -1.25. The molecule has 0 saturated carbocycles. The third-order valence-corrected chi connectivity index (χ3v) is 0.869. The molecule has 1 heterocycles. The molecule has 0 spiro atoms. The van der Waals surface area contributed by atoms with Crippen LogP contribution in [-0.4, -0.2) is 13.1 Å². The third-order valence-electron chi connectivity index (χ3n) is 0.869. The van der Waals surface area contributed by atoms with Crippen LogP contribution in [0.4, 0.5) is 0 Å². The summed E-state index contributed by atoms with van der Waals surface area (Å²) < 4.78 is 9.15. The van der Waals surface area contributed by atoms with E-state index in [1.807, 2.05) is 0 Å². The standard InChI is InChI=1S/C6H5O3/c7-5-9-6-1-3-8-4-2-6/h1-3H,4H2. The first-order chi connectivity index (χ1) is 4.43. The van der Waals surface area contributed by atoms with E-state index in [-0.39, 0.29) is 0 Å². The fourth-order valence-electron chi connectivity index (χ4n) is 0.493. The van der Waals surface area contributed by atoms with Crippen molar-refractivity contribution in [1.29, 1.82) is 0 Å². The summed E-state index contributed by atoms with van der Waals surface area (Å²) in [5.74, 6) is 0.483. The van der Waals surface area contributed by atoms with Crippen LogP contribution in [0.15, 0.2) is 24.2 Å². The van der Waals surface area contributed by atoms with Crippen LogP contribution in [0.25, 0.3) is 0 Å². The zero-order valence-electron chi connectivity index (χ0n) is 4.66. The van der Waals surface area contributed by atoms with E-state index in [2.05, 4.69) is 4.74 Å². The molecule has 0 aliphatic carbocycles. The lowest BCUT2D eigenvalue weighted by molar-refractivity contribution is 0.269. The second-order valence-corrected chi connectivity index (χ2v) is 1.43. The van der Waals surface area contributed by atoms with Crippen molar-refractivity contribution in [3.05, 3.63) is 24.2 Å². The van der Waals surface area contributed by atoms with Crippen LogP contribution in [-0.2, 0) is 14.3 Å². The van der Waals surface area contributed by atoms with Gasteiger partial charge in [-0.2, -0.15) is 0 Å². The van der Waals surface area contributed by atoms with Gasteiger partial charge in [0, 0.05) is 6.08 Å². The zero-order chi connectivity index (χ0) is 6.53. The van der Waals surface area contributed by atoms with E-state index in [4.69, 9.17) is 4.74 Å². The first-order valence-corrected chi connectivity index (χ1v) is 2.46. The van der Waals surface area contributed by atoms with Gasteiger partial charge in [0.05, 0.1) is 6.26 Å². The summed E-state index contributed by atoms with van der Waals surface area (Å²) in [6.07, 6.45) is 4.66. The van der Waals surface area contributed by atoms with Gasteiger partial charge < -0.3 is 9.47 Å². The summed E-state index contributed by atoms with van der Waals surface area (Å²) in [6, 6.07) is 0. The molecule has 0 aromatic heterocycles. The van der Waals surface area contributed by atoms with Gasteiger partial charge in [0.2, 0.25) is 0 Å². The van der Waals surface area contributed by atoms with Crippen LogP contribution in [0.1, 0.15) is 0 Å². The van der Waals surface area contributed by atoms with E-state index in [0.29, 0.717) is 12.4 Å². The Balaban J connectivity index is 2.47. The van der Waals surface area contributed by atoms with Crippen LogP contribution in [0, 0.1) is 0 Å². The Morgan fingerprint density at radius 3 is 3.22 bits per heavy atom. The number of hydrogen-bond acceptors (Lipinski definition) is 3. The first kappa shape index (κ1) is 5.88. The molecule has 1 aliphatic heterocycles. The van der Waals surface area contributed by atoms with Crippen molar-refractivity contribution in [2.75, 3.05) is 6.61 Å². The van der Waals surface area contributed by atoms with Crippen molar-refractivity contribution in [1.82, 2.24) is 0 Å². The van der Waals surface area contributed by atoms with E-state index >= 15 is 0 Å². The van der Waals surface area contributed by atoms with Crippen LogP contribution in [0.5, 0.6) is 0 Å². The van der Waals surface area contributed by atoms with E-state index in [1.54, 1.807) is 12.2 Å². The Morgan fingerprint density at radius 1 is 1.78 bits per heavy atom. The second-order valence-electron chi connectivity index (χ2n) is 1.43. The SMILES string of the molecule is O=[C]OC1=CCOC=C1. The summed E-state index contributed by atoms with van der Waals surface area (Å²) in [6.45, 7) is 1.76. The topological polar surface area (TPSA) is 35.5 Å². The van der Waals surface area contributed by atoms with E-state index in [0.717, 1.165) is 0 Å². The van der Waals surface area contributed by atoms with Crippen molar-refractivity contribution in [3.8, 4) is 0 Å². The Bertz CT molecular complexity index is 158. The lowest BCUT2D eigenvalue weighted by atomic mass is 10.4. The molecule has 9 heavy (non-hydrogen) atoms. The van der Waals surface area contributed by atoms with Gasteiger partial charge in [-0.05, 0) is 6.08 Å². The molecule has 0 aromatic carbocycles. The highest BCUT2D eigenvalue weighted by Crippen LogP contribution is 2.02. The summed E-state index contributed by atoms with van der Waals surface area (Å²) in [5.41, 5.74) is 0. The molecule has 3 heteroatoms. The van der Waals surface area contributed by atoms with Crippen molar-refractivity contribution in [2.45, 2.75) is 0 Å². The maximum Gasteiger partial charge on any atom is 0.423 e. The van der Waals surface area contributed by atoms with Gasteiger partial charge in [-0.1, -0.05) is 0 Å². The van der Waals surface area contributed by atoms with Crippen molar-refractivity contribution in [2.24, 2.45) is 0 Å². The van der Waals surface area contributed by atoms with E-state index in [9.17, 15) is 4.79 Å². The molecule has 47 valence electrons. The van der Waals surface area contributed by atoms with Crippen LogP contribution in [0.2, 0.25) is 0 Å². The lowest BCUT2D eigenvalue weighted by Gasteiger charge is -2.03. The van der Waals surface area contributed by atoms with Crippen molar-refractivity contribution in [3.63, 3.8) is 0 Å². The molecule has 1 aliphatic rings. The molecule has 1 radical (unpaired) electrons. The van der Waals surface area contributed by atoms with E-state index < -0.39 is 0 Å². The maximum absolute atomic E-state index is 9.61. The monoisotopic (exact) mass is 125 g/mol. The maximum atomic E-state index is 9.61. The highest BCUT2D eigenvalue weighted by atomic mass is 16.5. The zero-order valence-corrected chi connectivity index (χ0v) is 4.66. The Morgan fingerprint density at radius 2 is 2.67 bits per heavy atom. The summed E-state index contributed by atoms with van der Waals surface area (Å²) in [4.78, 5) is 9.61. The van der Waals surface area contributed by atoms with Crippen LogP contribution < -0.4 is 0 Å². The predicted octanol–water partition coefficient (Wildman–Crippen LogP) is 0.498.